The Kier molecular flexibility index (Phi) is 5.74. The van der Waals surface area contributed by atoms with Gasteiger partial charge in [0.1, 0.15) is 5.65 Å². The first-order valence-electron chi connectivity index (χ1n) is 9.56. The van der Waals surface area contributed by atoms with Crippen molar-refractivity contribution in [2.75, 3.05) is 13.1 Å². The molecule has 2 aromatic heterocycles. The molecule has 0 saturated carbocycles. The standard InChI is InChI=1S/C22H23ClN4O/c23-22-19(27-13-5-4-8-20(27)25-22)9-10-21(28)24-18-11-14-26(15-12-18)16-17-6-2-1-3-7-17/h1-10,13,18H,11-12,14-16H2,(H,24,28)/b10-9+. The molecule has 1 amide bonds. The lowest BCUT2D eigenvalue weighted by atomic mass is 10.0. The molecule has 1 saturated heterocycles. The second-order valence-corrected chi connectivity index (χ2v) is 7.45. The quantitative estimate of drug-likeness (QED) is 0.670. The molecule has 0 spiro atoms. The Morgan fingerprint density at radius 2 is 1.89 bits per heavy atom. The Bertz CT molecular complexity index is 975. The second-order valence-electron chi connectivity index (χ2n) is 7.09. The number of hydrogen-bond donors (Lipinski definition) is 1. The predicted molar refractivity (Wildman–Crippen MR) is 112 cm³/mol. The zero-order chi connectivity index (χ0) is 19.3. The summed E-state index contributed by atoms with van der Waals surface area (Å²) in [5, 5.41) is 3.50. The van der Waals surface area contributed by atoms with Gasteiger partial charge >= 0.3 is 0 Å². The topological polar surface area (TPSA) is 49.6 Å². The fourth-order valence-electron chi connectivity index (χ4n) is 3.62. The average Bonchev–Trinajstić information content (AvgIpc) is 3.04. The van der Waals surface area contributed by atoms with Crippen LogP contribution in [0, 0.1) is 0 Å². The molecule has 0 bridgehead atoms. The van der Waals surface area contributed by atoms with Gasteiger partial charge in [-0.1, -0.05) is 48.0 Å². The highest BCUT2D eigenvalue weighted by atomic mass is 35.5. The number of halogens is 1. The summed E-state index contributed by atoms with van der Waals surface area (Å²) < 4.78 is 1.87. The lowest BCUT2D eigenvalue weighted by Crippen LogP contribution is -2.43. The molecule has 0 unspecified atom stereocenters. The van der Waals surface area contributed by atoms with E-state index in [0.717, 1.165) is 38.1 Å². The fraction of sp³-hybridized carbons (Fsp3) is 0.273. The second kappa shape index (κ2) is 8.59. The van der Waals surface area contributed by atoms with Crippen LogP contribution in [0.5, 0.6) is 0 Å². The number of nitrogens with one attached hydrogen (secondary N) is 1. The Morgan fingerprint density at radius 1 is 1.14 bits per heavy atom. The number of hydrogen-bond acceptors (Lipinski definition) is 3. The van der Waals surface area contributed by atoms with Crippen LogP contribution in [-0.2, 0) is 11.3 Å². The van der Waals surface area contributed by atoms with Crippen LogP contribution in [0.25, 0.3) is 11.7 Å². The van der Waals surface area contributed by atoms with E-state index in [1.54, 1.807) is 12.2 Å². The third kappa shape index (κ3) is 4.43. The van der Waals surface area contributed by atoms with Gasteiger partial charge in [-0.25, -0.2) is 4.98 Å². The molecule has 28 heavy (non-hydrogen) atoms. The Hall–Kier alpha value is -2.63. The smallest absolute Gasteiger partial charge is 0.244 e. The number of amides is 1. The van der Waals surface area contributed by atoms with E-state index in [1.165, 1.54) is 5.56 Å². The van der Waals surface area contributed by atoms with Crippen LogP contribution in [0.15, 0.2) is 60.8 Å². The SMILES string of the molecule is O=C(/C=C/c1c(Cl)nc2ccccn12)NC1CCN(Cc2ccccc2)CC1. The summed E-state index contributed by atoms with van der Waals surface area (Å²) in [4.78, 5) is 19.1. The first kappa shape index (κ1) is 18.7. The summed E-state index contributed by atoms with van der Waals surface area (Å²) in [5.74, 6) is -0.0940. The van der Waals surface area contributed by atoms with Crippen LogP contribution in [0.3, 0.4) is 0 Å². The molecular formula is C22H23ClN4O. The molecule has 0 radical (unpaired) electrons. The zero-order valence-corrected chi connectivity index (χ0v) is 16.3. The first-order valence-corrected chi connectivity index (χ1v) is 9.94. The molecule has 3 aromatic rings. The molecule has 1 fully saturated rings. The molecular weight excluding hydrogens is 372 g/mol. The predicted octanol–water partition coefficient (Wildman–Crippen LogP) is 3.78. The van der Waals surface area contributed by atoms with Gasteiger partial charge in [0.2, 0.25) is 5.91 Å². The van der Waals surface area contributed by atoms with Crippen LogP contribution < -0.4 is 5.32 Å². The summed E-state index contributed by atoms with van der Waals surface area (Å²) in [6.45, 7) is 2.94. The largest absolute Gasteiger partial charge is 0.350 e. The van der Waals surface area contributed by atoms with Crippen LogP contribution >= 0.6 is 11.6 Å². The number of imidazole rings is 1. The van der Waals surface area contributed by atoms with Gasteiger partial charge in [-0.05, 0) is 36.6 Å². The van der Waals surface area contributed by atoms with E-state index < -0.39 is 0 Å². The van der Waals surface area contributed by atoms with Gasteiger partial charge in [-0.2, -0.15) is 0 Å². The maximum absolute atomic E-state index is 12.3. The molecule has 1 aliphatic heterocycles. The summed E-state index contributed by atoms with van der Waals surface area (Å²) in [7, 11) is 0. The lowest BCUT2D eigenvalue weighted by Gasteiger charge is -2.32. The summed E-state index contributed by atoms with van der Waals surface area (Å²) in [6.07, 6.45) is 7.07. The van der Waals surface area contributed by atoms with Gasteiger partial charge in [0, 0.05) is 37.9 Å². The maximum Gasteiger partial charge on any atom is 0.244 e. The first-order chi connectivity index (χ1) is 13.7. The normalized spacial score (nSPS) is 16.0. The van der Waals surface area contributed by atoms with E-state index in [0.29, 0.717) is 10.8 Å². The van der Waals surface area contributed by atoms with Crippen molar-refractivity contribution in [2.24, 2.45) is 0 Å². The zero-order valence-electron chi connectivity index (χ0n) is 15.6. The van der Waals surface area contributed by atoms with Crippen LogP contribution in [0.2, 0.25) is 5.15 Å². The number of carbonyl (C=O) groups is 1. The van der Waals surface area contributed by atoms with Gasteiger partial charge in [-0.15, -0.1) is 0 Å². The van der Waals surface area contributed by atoms with E-state index in [4.69, 9.17) is 11.6 Å². The third-order valence-electron chi connectivity index (χ3n) is 5.10. The number of pyridine rings is 1. The van der Waals surface area contributed by atoms with E-state index in [2.05, 4.69) is 39.5 Å². The van der Waals surface area contributed by atoms with E-state index in [9.17, 15) is 4.79 Å². The van der Waals surface area contributed by atoms with Crippen molar-refractivity contribution in [2.45, 2.75) is 25.4 Å². The number of benzene rings is 1. The van der Waals surface area contributed by atoms with Crippen LogP contribution in [0.1, 0.15) is 24.1 Å². The Balaban J connectivity index is 1.30. The van der Waals surface area contributed by atoms with Gasteiger partial charge in [-0.3, -0.25) is 14.1 Å². The van der Waals surface area contributed by atoms with Crippen molar-refractivity contribution in [3.05, 3.63) is 77.2 Å². The minimum absolute atomic E-state index is 0.0940. The third-order valence-corrected chi connectivity index (χ3v) is 5.38. The van der Waals surface area contributed by atoms with Crippen LogP contribution in [0.4, 0.5) is 0 Å². The van der Waals surface area contributed by atoms with Crippen LogP contribution in [-0.4, -0.2) is 39.3 Å². The Labute approximate surface area is 169 Å². The molecule has 1 aromatic carbocycles. The van der Waals surface area contributed by atoms with Crippen molar-refractivity contribution < 1.29 is 4.79 Å². The number of nitrogens with zero attached hydrogens (tertiary/aromatic N) is 3. The van der Waals surface area contributed by atoms with Gasteiger partial charge in [0.15, 0.2) is 5.15 Å². The minimum atomic E-state index is -0.0940. The highest BCUT2D eigenvalue weighted by Crippen LogP contribution is 2.19. The Morgan fingerprint density at radius 3 is 2.68 bits per heavy atom. The molecule has 5 nitrogen and oxygen atoms in total. The molecule has 1 aliphatic rings. The van der Waals surface area contributed by atoms with Crippen molar-refractivity contribution in [1.82, 2.24) is 19.6 Å². The summed E-state index contributed by atoms with van der Waals surface area (Å²) >= 11 is 6.21. The van der Waals surface area contributed by atoms with E-state index >= 15 is 0 Å². The number of piperidine rings is 1. The molecule has 4 rings (SSSR count). The number of carbonyl (C=O) groups excluding carboxylic acids is 1. The molecule has 1 N–H and O–H groups in total. The number of aromatic nitrogens is 2. The summed E-state index contributed by atoms with van der Waals surface area (Å²) in [6, 6.07) is 16.4. The molecule has 0 atom stereocenters. The van der Waals surface area contributed by atoms with E-state index in [-0.39, 0.29) is 11.9 Å². The van der Waals surface area contributed by atoms with Gasteiger partial charge in [0.05, 0.1) is 5.69 Å². The van der Waals surface area contributed by atoms with E-state index in [1.807, 2.05) is 34.9 Å². The number of fused-ring (bicyclic) bond motifs is 1. The maximum atomic E-state index is 12.3. The monoisotopic (exact) mass is 394 g/mol. The van der Waals surface area contributed by atoms with Gasteiger partial charge in [0.25, 0.3) is 0 Å². The van der Waals surface area contributed by atoms with Crippen molar-refractivity contribution >= 4 is 29.2 Å². The molecule has 6 heteroatoms. The van der Waals surface area contributed by atoms with Gasteiger partial charge < -0.3 is 5.32 Å². The molecule has 3 heterocycles. The number of rotatable bonds is 5. The summed E-state index contributed by atoms with van der Waals surface area (Å²) in [5.41, 5.74) is 2.81. The lowest BCUT2D eigenvalue weighted by molar-refractivity contribution is -0.117. The fourth-order valence-corrected chi connectivity index (χ4v) is 3.86. The highest BCUT2D eigenvalue weighted by Gasteiger charge is 2.20. The van der Waals surface area contributed by atoms with Crippen molar-refractivity contribution in [1.29, 1.82) is 0 Å². The molecule has 0 aliphatic carbocycles. The highest BCUT2D eigenvalue weighted by molar-refractivity contribution is 6.31. The van der Waals surface area contributed by atoms with Crippen molar-refractivity contribution in [3.63, 3.8) is 0 Å². The molecule has 144 valence electrons. The minimum Gasteiger partial charge on any atom is -0.350 e. The number of likely N-dealkylation sites (tertiary alicyclic amines) is 1. The van der Waals surface area contributed by atoms with Crippen molar-refractivity contribution in [3.8, 4) is 0 Å². The average molecular weight is 395 g/mol.